The van der Waals surface area contributed by atoms with Gasteiger partial charge in [0.05, 0.1) is 5.02 Å². The zero-order chi connectivity index (χ0) is 14.8. The van der Waals surface area contributed by atoms with Crippen LogP contribution in [0.3, 0.4) is 0 Å². The molecule has 0 saturated carbocycles. The summed E-state index contributed by atoms with van der Waals surface area (Å²) in [6.07, 6.45) is 2.24. The number of carbonyl (C=O) groups is 1. The fourth-order valence-electron chi connectivity index (χ4n) is 2.97. The number of benzene rings is 1. The van der Waals surface area contributed by atoms with Crippen molar-refractivity contribution in [2.24, 2.45) is 5.92 Å². The van der Waals surface area contributed by atoms with Crippen LogP contribution in [0.15, 0.2) is 24.3 Å². The average Bonchev–Trinajstić information content (AvgIpc) is 2.78. The molecule has 1 aliphatic heterocycles. The molecule has 3 nitrogen and oxygen atoms in total. The molecule has 0 aliphatic carbocycles. The number of nitrogens with zero attached hydrogens (tertiary/aromatic N) is 1. The largest absolute Gasteiger partial charge is 0.481 e. The monoisotopic (exact) mass is 323 g/mol. The number of hydrogen-bond acceptors (Lipinski definition) is 3. The van der Waals surface area contributed by atoms with Crippen LogP contribution in [0, 0.1) is 5.92 Å². The molecular formula is C16H18ClNO2S. The van der Waals surface area contributed by atoms with Crippen LogP contribution in [0.1, 0.15) is 24.1 Å². The van der Waals surface area contributed by atoms with Crippen molar-refractivity contribution in [3.8, 4) is 0 Å². The van der Waals surface area contributed by atoms with Crippen LogP contribution in [-0.2, 0) is 11.3 Å². The molecule has 1 aromatic carbocycles. The number of halogens is 1. The molecule has 0 bridgehead atoms. The highest BCUT2D eigenvalue weighted by Gasteiger charge is 2.22. The summed E-state index contributed by atoms with van der Waals surface area (Å²) in [7, 11) is 0. The summed E-state index contributed by atoms with van der Waals surface area (Å²) in [5.74, 6) is -0.349. The molecule has 21 heavy (non-hydrogen) atoms. The minimum atomic E-state index is -0.680. The molecule has 112 valence electrons. The van der Waals surface area contributed by atoms with Gasteiger partial charge < -0.3 is 5.11 Å². The summed E-state index contributed by atoms with van der Waals surface area (Å²) in [5.41, 5.74) is 0. The second kappa shape index (κ2) is 6.34. The fourth-order valence-corrected chi connectivity index (χ4v) is 4.50. The molecule has 0 spiro atoms. The van der Waals surface area contributed by atoms with Crippen molar-refractivity contribution >= 4 is 39.0 Å². The molecule has 1 saturated heterocycles. The molecule has 1 aliphatic rings. The highest BCUT2D eigenvalue weighted by Crippen LogP contribution is 2.36. The van der Waals surface area contributed by atoms with Gasteiger partial charge in [-0.25, -0.2) is 0 Å². The van der Waals surface area contributed by atoms with E-state index in [1.165, 1.54) is 9.58 Å². The summed E-state index contributed by atoms with van der Waals surface area (Å²) in [4.78, 5) is 14.4. The van der Waals surface area contributed by atoms with E-state index >= 15 is 0 Å². The molecule has 0 atom stereocenters. The van der Waals surface area contributed by atoms with Crippen LogP contribution in [-0.4, -0.2) is 29.1 Å². The van der Waals surface area contributed by atoms with Crippen LogP contribution in [0.5, 0.6) is 0 Å². The number of likely N-dealkylation sites (tertiary alicyclic amines) is 1. The van der Waals surface area contributed by atoms with E-state index in [-0.39, 0.29) is 0 Å². The van der Waals surface area contributed by atoms with Gasteiger partial charge in [0.2, 0.25) is 0 Å². The summed E-state index contributed by atoms with van der Waals surface area (Å²) in [6, 6.07) is 8.23. The Bertz CT molecular complexity index is 647. The van der Waals surface area contributed by atoms with E-state index in [2.05, 4.69) is 17.0 Å². The SMILES string of the molecule is O=C(O)CC1CCN(Cc2sc3ccccc3c2Cl)CC1. The second-order valence-electron chi connectivity index (χ2n) is 5.65. The van der Waals surface area contributed by atoms with Crippen molar-refractivity contribution < 1.29 is 9.90 Å². The molecule has 3 rings (SSSR count). The van der Waals surface area contributed by atoms with Crippen molar-refractivity contribution in [2.45, 2.75) is 25.8 Å². The second-order valence-corrected chi connectivity index (χ2v) is 7.17. The first-order valence-corrected chi connectivity index (χ1v) is 8.43. The van der Waals surface area contributed by atoms with Gasteiger partial charge >= 0.3 is 5.97 Å². The van der Waals surface area contributed by atoms with Gasteiger partial charge in [0.15, 0.2) is 0 Å². The highest BCUT2D eigenvalue weighted by molar-refractivity contribution is 7.19. The first-order chi connectivity index (χ1) is 10.1. The zero-order valence-electron chi connectivity index (χ0n) is 11.7. The van der Waals surface area contributed by atoms with Crippen LogP contribution >= 0.6 is 22.9 Å². The molecule has 1 N–H and O–H groups in total. The number of fused-ring (bicyclic) bond motifs is 1. The Morgan fingerprint density at radius 1 is 1.33 bits per heavy atom. The quantitative estimate of drug-likeness (QED) is 0.914. The van der Waals surface area contributed by atoms with Gasteiger partial charge in [0, 0.05) is 27.9 Å². The summed E-state index contributed by atoms with van der Waals surface area (Å²) in [5, 5.41) is 10.9. The normalized spacial score (nSPS) is 17.4. The van der Waals surface area contributed by atoms with Gasteiger partial charge in [-0.3, -0.25) is 9.69 Å². The molecule has 0 unspecified atom stereocenters. The third kappa shape index (κ3) is 3.39. The molecule has 2 heterocycles. The van der Waals surface area contributed by atoms with Crippen LogP contribution in [0.4, 0.5) is 0 Å². The molecule has 0 amide bonds. The Labute approximate surface area is 133 Å². The van der Waals surface area contributed by atoms with Gasteiger partial charge in [0.1, 0.15) is 0 Å². The lowest BCUT2D eigenvalue weighted by atomic mass is 9.93. The third-order valence-corrected chi connectivity index (χ3v) is 5.84. The molecule has 2 aromatic rings. The van der Waals surface area contributed by atoms with Gasteiger partial charge in [-0.15, -0.1) is 11.3 Å². The zero-order valence-corrected chi connectivity index (χ0v) is 13.3. The van der Waals surface area contributed by atoms with E-state index in [0.29, 0.717) is 12.3 Å². The predicted molar refractivity (Wildman–Crippen MR) is 87.1 cm³/mol. The van der Waals surface area contributed by atoms with Crippen molar-refractivity contribution in [1.29, 1.82) is 0 Å². The predicted octanol–water partition coefficient (Wildman–Crippen LogP) is 4.24. The van der Waals surface area contributed by atoms with Crippen molar-refractivity contribution in [3.63, 3.8) is 0 Å². The first-order valence-electron chi connectivity index (χ1n) is 7.23. The van der Waals surface area contributed by atoms with Crippen LogP contribution in [0.2, 0.25) is 5.02 Å². The maximum atomic E-state index is 10.8. The topological polar surface area (TPSA) is 40.5 Å². The molecular weight excluding hydrogens is 306 g/mol. The lowest BCUT2D eigenvalue weighted by Gasteiger charge is -2.30. The number of thiophene rings is 1. The van der Waals surface area contributed by atoms with Crippen molar-refractivity contribution in [2.75, 3.05) is 13.1 Å². The number of piperidine rings is 1. The van der Waals surface area contributed by atoms with Crippen LogP contribution in [0.25, 0.3) is 10.1 Å². The number of hydrogen-bond donors (Lipinski definition) is 1. The lowest BCUT2D eigenvalue weighted by Crippen LogP contribution is -2.33. The van der Waals surface area contributed by atoms with Crippen molar-refractivity contribution in [3.05, 3.63) is 34.2 Å². The molecule has 1 fully saturated rings. The van der Waals surface area contributed by atoms with E-state index in [0.717, 1.165) is 42.9 Å². The van der Waals surface area contributed by atoms with E-state index in [1.54, 1.807) is 11.3 Å². The van der Waals surface area contributed by atoms with E-state index in [9.17, 15) is 4.79 Å². The van der Waals surface area contributed by atoms with Gasteiger partial charge in [0.25, 0.3) is 0 Å². The van der Waals surface area contributed by atoms with Gasteiger partial charge in [-0.05, 0) is 37.9 Å². The molecule has 0 radical (unpaired) electrons. The summed E-state index contributed by atoms with van der Waals surface area (Å²) >= 11 is 8.24. The van der Waals surface area contributed by atoms with E-state index in [4.69, 9.17) is 16.7 Å². The van der Waals surface area contributed by atoms with E-state index < -0.39 is 5.97 Å². The third-order valence-electron chi connectivity index (χ3n) is 4.14. The summed E-state index contributed by atoms with van der Waals surface area (Å²) in [6.45, 7) is 2.79. The maximum absolute atomic E-state index is 10.8. The maximum Gasteiger partial charge on any atom is 0.303 e. The number of carboxylic acids is 1. The summed E-state index contributed by atoms with van der Waals surface area (Å²) < 4.78 is 1.23. The highest BCUT2D eigenvalue weighted by atomic mass is 35.5. The Hall–Kier alpha value is -1.10. The minimum Gasteiger partial charge on any atom is -0.481 e. The van der Waals surface area contributed by atoms with E-state index in [1.807, 2.05) is 12.1 Å². The van der Waals surface area contributed by atoms with Crippen LogP contribution < -0.4 is 0 Å². The Balaban J connectivity index is 1.64. The molecule has 1 aromatic heterocycles. The van der Waals surface area contributed by atoms with Gasteiger partial charge in [-0.1, -0.05) is 29.8 Å². The Morgan fingerprint density at radius 2 is 2.05 bits per heavy atom. The Kier molecular flexibility index (Phi) is 4.48. The number of aliphatic carboxylic acids is 1. The Morgan fingerprint density at radius 3 is 2.71 bits per heavy atom. The fraction of sp³-hybridized carbons (Fsp3) is 0.438. The van der Waals surface area contributed by atoms with Crippen molar-refractivity contribution in [1.82, 2.24) is 4.90 Å². The van der Waals surface area contributed by atoms with Gasteiger partial charge in [-0.2, -0.15) is 0 Å². The number of carboxylic acid groups (broad SMARTS) is 1. The number of rotatable bonds is 4. The minimum absolute atomic E-state index is 0.303. The first kappa shape index (κ1) is 14.8. The standard InChI is InChI=1S/C16H18ClNO2S/c17-16-12-3-1-2-4-13(12)21-14(16)10-18-7-5-11(6-8-18)9-15(19)20/h1-4,11H,5-10H2,(H,19,20). The molecule has 5 heteroatoms. The lowest BCUT2D eigenvalue weighted by molar-refractivity contribution is -0.138. The smallest absolute Gasteiger partial charge is 0.303 e. The average molecular weight is 324 g/mol.